The highest BCUT2D eigenvalue weighted by atomic mass is 15.4. The Morgan fingerprint density at radius 3 is 2.39 bits per heavy atom. The lowest BCUT2D eigenvalue weighted by molar-refractivity contribution is 0.511. The second kappa shape index (κ2) is 10.9. The van der Waals surface area contributed by atoms with Gasteiger partial charge in [-0.3, -0.25) is 4.68 Å². The van der Waals surface area contributed by atoms with Crippen molar-refractivity contribution in [3.63, 3.8) is 0 Å². The molecule has 0 fully saturated rings. The largest absolute Gasteiger partial charge is 0.252 e. The first-order valence-electron chi connectivity index (χ1n) is 11.1. The number of unbranched alkanes of at least 4 members (excludes halogenated alkanes) is 7. The van der Waals surface area contributed by atoms with Crippen molar-refractivity contribution in [3.05, 3.63) is 42.1 Å². The summed E-state index contributed by atoms with van der Waals surface area (Å²) < 4.78 is 1.99. The van der Waals surface area contributed by atoms with E-state index in [1.165, 1.54) is 62.3 Å². The Hall–Kier alpha value is -2.23. The average molecular weight is 379 g/mol. The second-order valence-corrected chi connectivity index (χ2v) is 7.78. The summed E-state index contributed by atoms with van der Waals surface area (Å²) in [7, 11) is 0. The molecule has 0 atom stereocenters. The van der Waals surface area contributed by atoms with Crippen LogP contribution in [0.4, 0.5) is 0 Å². The molecule has 0 aliphatic rings. The van der Waals surface area contributed by atoms with Crippen molar-refractivity contribution in [1.82, 2.24) is 20.0 Å². The van der Waals surface area contributed by atoms with Gasteiger partial charge in [0.1, 0.15) is 5.69 Å². The lowest BCUT2D eigenvalue weighted by atomic mass is 10.0. The fourth-order valence-corrected chi connectivity index (χ4v) is 3.77. The van der Waals surface area contributed by atoms with E-state index in [0.717, 1.165) is 36.3 Å². The molecular formula is C24H34N4. The first-order valence-corrected chi connectivity index (χ1v) is 11.1. The fourth-order valence-electron chi connectivity index (χ4n) is 3.77. The highest BCUT2D eigenvalue weighted by Crippen LogP contribution is 2.25. The second-order valence-electron chi connectivity index (χ2n) is 7.78. The molecule has 4 nitrogen and oxygen atoms in total. The Labute approximate surface area is 169 Å². The number of hydrogen-bond acceptors (Lipinski definition) is 3. The van der Waals surface area contributed by atoms with E-state index >= 15 is 0 Å². The molecule has 1 aromatic carbocycles. The maximum absolute atomic E-state index is 4.91. The van der Waals surface area contributed by atoms with Gasteiger partial charge in [0.15, 0.2) is 0 Å². The van der Waals surface area contributed by atoms with E-state index in [0.29, 0.717) is 0 Å². The number of benzene rings is 1. The zero-order valence-corrected chi connectivity index (χ0v) is 17.5. The number of hydrogen-bond donors (Lipinski definition) is 0. The topological polar surface area (TPSA) is 43.6 Å². The van der Waals surface area contributed by atoms with Crippen LogP contribution in [0.3, 0.4) is 0 Å². The lowest BCUT2D eigenvalue weighted by Gasteiger charge is -2.08. The minimum absolute atomic E-state index is 0.897. The smallest absolute Gasteiger partial charge is 0.131 e. The van der Waals surface area contributed by atoms with Crippen molar-refractivity contribution < 1.29 is 0 Å². The highest BCUT2D eigenvalue weighted by molar-refractivity contribution is 5.82. The molecule has 0 N–H and O–H groups in total. The molecule has 0 unspecified atom stereocenters. The molecule has 0 spiro atoms. The van der Waals surface area contributed by atoms with Crippen LogP contribution in [0.25, 0.3) is 22.3 Å². The molecule has 0 amide bonds. The number of aromatic nitrogens is 4. The van der Waals surface area contributed by atoms with E-state index in [1.54, 1.807) is 0 Å². The van der Waals surface area contributed by atoms with E-state index in [4.69, 9.17) is 4.98 Å². The molecule has 0 aliphatic heterocycles. The monoisotopic (exact) mass is 378 g/mol. The zero-order valence-electron chi connectivity index (χ0n) is 17.5. The first-order chi connectivity index (χ1) is 13.8. The van der Waals surface area contributed by atoms with Crippen molar-refractivity contribution in [2.24, 2.45) is 0 Å². The van der Waals surface area contributed by atoms with Gasteiger partial charge in [-0.05, 0) is 30.5 Å². The standard InChI is InChI=1S/C24H34N4/c1-3-5-6-7-8-9-10-13-17-28-19-23(26-27-28)24-21(14-4-2)18-20-15-11-12-16-22(20)25-24/h11-12,15-16,18-19H,3-10,13-14,17H2,1-2H3. The van der Waals surface area contributed by atoms with Gasteiger partial charge < -0.3 is 0 Å². The Bertz CT molecular complexity index is 853. The Balaban J connectivity index is 1.59. The summed E-state index contributed by atoms with van der Waals surface area (Å²) in [5.74, 6) is 0. The van der Waals surface area contributed by atoms with Gasteiger partial charge in [-0.25, -0.2) is 4.98 Å². The highest BCUT2D eigenvalue weighted by Gasteiger charge is 2.12. The summed E-state index contributed by atoms with van der Waals surface area (Å²) in [5.41, 5.74) is 4.17. The van der Waals surface area contributed by atoms with Gasteiger partial charge in [0.25, 0.3) is 0 Å². The van der Waals surface area contributed by atoms with E-state index < -0.39 is 0 Å². The number of aryl methyl sites for hydroxylation is 2. The average Bonchev–Trinajstić information content (AvgIpc) is 3.18. The van der Waals surface area contributed by atoms with Gasteiger partial charge in [0, 0.05) is 11.9 Å². The van der Waals surface area contributed by atoms with Crippen molar-refractivity contribution in [2.75, 3.05) is 0 Å². The van der Waals surface area contributed by atoms with Crippen molar-refractivity contribution >= 4 is 10.9 Å². The number of para-hydroxylation sites is 1. The zero-order chi connectivity index (χ0) is 19.6. The SMILES string of the molecule is CCCCCCCCCCn1cc(-c2nc3ccccc3cc2CCC)nn1. The maximum atomic E-state index is 4.91. The van der Waals surface area contributed by atoms with Crippen LogP contribution in [0.5, 0.6) is 0 Å². The van der Waals surface area contributed by atoms with Crippen LogP contribution in [0.1, 0.15) is 77.2 Å². The predicted octanol–water partition coefficient (Wildman–Crippen LogP) is 6.59. The third kappa shape index (κ3) is 5.63. The predicted molar refractivity (Wildman–Crippen MR) is 117 cm³/mol. The van der Waals surface area contributed by atoms with Crippen LogP contribution in [-0.4, -0.2) is 20.0 Å². The molecular weight excluding hydrogens is 344 g/mol. The summed E-state index contributed by atoms with van der Waals surface area (Å²) in [6.45, 7) is 5.42. The van der Waals surface area contributed by atoms with Gasteiger partial charge in [-0.15, -0.1) is 5.10 Å². The van der Waals surface area contributed by atoms with E-state index in [-0.39, 0.29) is 0 Å². The number of nitrogens with zero attached hydrogens (tertiary/aromatic N) is 4. The van der Waals surface area contributed by atoms with Crippen LogP contribution in [0.2, 0.25) is 0 Å². The van der Waals surface area contributed by atoms with Crippen molar-refractivity contribution in [1.29, 1.82) is 0 Å². The molecule has 3 rings (SSSR count). The molecule has 0 saturated carbocycles. The number of pyridine rings is 1. The first kappa shape index (κ1) is 20.5. The van der Waals surface area contributed by atoms with Crippen LogP contribution >= 0.6 is 0 Å². The van der Waals surface area contributed by atoms with Crippen LogP contribution < -0.4 is 0 Å². The summed E-state index contributed by atoms with van der Waals surface area (Å²) in [6.07, 6.45) is 14.8. The fraction of sp³-hybridized carbons (Fsp3) is 0.542. The van der Waals surface area contributed by atoms with Gasteiger partial charge in [0.05, 0.1) is 17.4 Å². The molecule has 0 saturated heterocycles. The Kier molecular flexibility index (Phi) is 8.01. The van der Waals surface area contributed by atoms with Crippen molar-refractivity contribution in [3.8, 4) is 11.4 Å². The van der Waals surface area contributed by atoms with Gasteiger partial charge in [-0.2, -0.15) is 0 Å². The third-order valence-electron chi connectivity index (χ3n) is 5.34. The van der Waals surface area contributed by atoms with Gasteiger partial charge in [0.2, 0.25) is 0 Å². The summed E-state index contributed by atoms with van der Waals surface area (Å²) in [6, 6.07) is 10.6. The maximum Gasteiger partial charge on any atom is 0.131 e. The normalized spacial score (nSPS) is 11.4. The number of fused-ring (bicyclic) bond motifs is 1. The van der Waals surface area contributed by atoms with E-state index in [1.807, 2.05) is 10.7 Å². The summed E-state index contributed by atoms with van der Waals surface area (Å²) in [4.78, 5) is 4.91. The summed E-state index contributed by atoms with van der Waals surface area (Å²) in [5, 5.41) is 9.99. The lowest BCUT2D eigenvalue weighted by Crippen LogP contribution is -1.98. The minimum Gasteiger partial charge on any atom is -0.252 e. The quantitative estimate of drug-likeness (QED) is 0.334. The van der Waals surface area contributed by atoms with Crippen LogP contribution in [0, 0.1) is 0 Å². The van der Waals surface area contributed by atoms with Crippen molar-refractivity contribution in [2.45, 2.75) is 84.6 Å². The molecule has 0 bridgehead atoms. The molecule has 0 aliphatic carbocycles. The molecule has 28 heavy (non-hydrogen) atoms. The van der Waals surface area contributed by atoms with Gasteiger partial charge in [-0.1, -0.05) is 88.6 Å². The Morgan fingerprint density at radius 1 is 0.857 bits per heavy atom. The molecule has 0 radical (unpaired) electrons. The molecule has 4 heteroatoms. The van der Waals surface area contributed by atoms with Crippen LogP contribution in [0.15, 0.2) is 36.5 Å². The van der Waals surface area contributed by atoms with Crippen LogP contribution in [-0.2, 0) is 13.0 Å². The van der Waals surface area contributed by atoms with Gasteiger partial charge >= 0.3 is 0 Å². The minimum atomic E-state index is 0.897. The summed E-state index contributed by atoms with van der Waals surface area (Å²) >= 11 is 0. The van der Waals surface area contributed by atoms with E-state index in [9.17, 15) is 0 Å². The Morgan fingerprint density at radius 2 is 1.61 bits per heavy atom. The molecule has 3 aromatic rings. The van der Waals surface area contributed by atoms with E-state index in [2.05, 4.69) is 54.6 Å². The third-order valence-corrected chi connectivity index (χ3v) is 5.34. The molecule has 150 valence electrons. The molecule has 2 aromatic heterocycles. The number of rotatable bonds is 12. The molecule has 2 heterocycles.